The fourth-order valence-electron chi connectivity index (χ4n) is 2.20. The molecule has 1 aromatic carbocycles. The SMILES string of the molecule is CCCCN1C(=O)/C(=C/c2cc(Br)c(O)c(OCC)c2)NC1=S. The standard InChI is InChI=1S/C16H19BrN2O3S/c1-3-5-6-19-15(21)12(18-16(19)23)8-10-7-11(17)14(20)13(9-10)22-4-2/h7-9,20H,3-6H2,1-2H3,(H,18,23)/b12-8-. The van der Waals surface area contributed by atoms with E-state index in [-0.39, 0.29) is 11.7 Å². The highest BCUT2D eigenvalue weighted by Crippen LogP contribution is 2.36. The summed E-state index contributed by atoms with van der Waals surface area (Å²) in [6.07, 6.45) is 3.60. The van der Waals surface area contributed by atoms with E-state index >= 15 is 0 Å². The number of hydrogen-bond donors (Lipinski definition) is 2. The average molecular weight is 399 g/mol. The molecule has 1 amide bonds. The van der Waals surface area contributed by atoms with Crippen LogP contribution in [0.2, 0.25) is 0 Å². The van der Waals surface area contributed by atoms with Gasteiger partial charge in [0.1, 0.15) is 5.70 Å². The molecule has 2 N–H and O–H groups in total. The Bertz CT molecular complexity index is 661. The molecule has 1 fully saturated rings. The van der Waals surface area contributed by atoms with Crippen LogP contribution < -0.4 is 10.1 Å². The smallest absolute Gasteiger partial charge is 0.276 e. The van der Waals surface area contributed by atoms with Crippen molar-refractivity contribution in [3.05, 3.63) is 27.9 Å². The lowest BCUT2D eigenvalue weighted by Gasteiger charge is -2.12. The summed E-state index contributed by atoms with van der Waals surface area (Å²) in [5.74, 6) is 0.273. The summed E-state index contributed by atoms with van der Waals surface area (Å²) in [4.78, 5) is 14.0. The minimum Gasteiger partial charge on any atom is -0.503 e. The number of nitrogens with zero attached hydrogens (tertiary/aromatic N) is 1. The summed E-state index contributed by atoms with van der Waals surface area (Å²) in [6, 6.07) is 3.40. The molecule has 1 aliphatic rings. The Kier molecular flexibility index (Phi) is 6.01. The van der Waals surface area contributed by atoms with Crippen molar-refractivity contribution in [2.24, 2.45) is 0 Å². The summed E-state index contributed by atoms with van der Waals surface area (Å²) >= 11 is 8.51. The number of carbonyl (C=O) groups excluding carboxylic acids is 1. The van der Waals surface area contributed by atoms with Crippen LogP contribution in [0.5, 0.6) is 11.5 Å². The number of halogens is 1. The van der Waals surface area contributed by atoms with Gasteiger partial charge in [-0.25, -0.2) is 0 Å². The highest BCUT2D eigenvalue weighted by atomic mass is 79.9. The molecule has 7 heteroatoms. The quantitative estimate of drug-likeness (QED) is 0.567. The van der Waals surface area contributed by atoms with E-state index in [0.717, 1.165) is 18.4 Å². The molecule has 124 valence electrons. The largest absolute Gasteiger partial charge is 0.503 e. The molecule has 1 saturated heterocycles. The lowest BCUT2D eigenvalue weighted by atomic mass is 10.1. The summed E-state index contributed by atoms with van der Waals surface area (Å²) in [6.45, 7) is 4.95. The molecule has 2 rings (SSSR count). The topological polar surface area (TPSA) is 61.8 Å². The first-order chi connectivity index (χ1) is 11.0. The Labute approximate surface area is 149 Å². The molecule has 0 unspecified atom stereocenters. The van der Waals surface area contributed by atoms with E-state index in [1.165, 1.54) is 0 Å². The van der Waals surface area contributed by atoms with E-state index in [9.17, 15) is 9.90 Å². The maximum absolute atomic E-state index is 12.4. The van der Waals surface area contributed by atoms with Crippen LogP contribution in [0.25, 0.3) is 6.08 Å². The second-order valence-electron chi connectivity index (χ2n) is 5.08. The molecule has 1 aliphatic heterocycles. The molecule has 5 nitrogen and oxygen atoms in total. The van der Waals surface area contributed by atoms with E-state index in [1.54, 1.807) is 23.1 Å². The highest BCUT2D eigenvalue weighted by molar-refractivity contribution is 9.10. The van der Waals surface area contributed by atoms with Gasteiger partial charge in [-0.1, -0.05) is 13.3 Å². The number of rotatable bonds is 6. The summed E-state index contributed by atoms with van der Waals surface area (Å²) in [5, 5.41) is 13.3. The van der Waals surface area contributed by atoms with Gasteiger partial charge in [0.15, 0.2) is 16.6 Å². The number of benzene rings is 1. The minimum atomic E-state index is -0.134. The number of phenols is 1. The Hall–Kier alpha value is -1.60. The highest BCUT2D eigenvalue weighted by Gasteiger charge is 2.29. The monoisotopic (exact) mass is 398 g/mol. The molecule has 0 spiro atoms. The van der Waals surface area contributed by atoms with Gasteiger partial charge in [0, 0.05) is 6.54 Å². The lowest BCUT2D eigenvalue weighted by Crippen LogP contribution is -2.31. The van der Waals surface area contributed by atoms with Crippen molar-refractivity contribution in [2.45, 2.75) is 26.7 Å². The number of hydrogen-bond acceptors (Lipinski definition) is 4. The number of aromatic hydroxyl groups is 1. The van der Waals surface area contributed by atoms with Gasteiger partial charge in [-0.2, -0.15) is 0 Å². The Balaban J connectivity index is 2.28. The van der Waals surface area contributed by atoms with Crippen LogP contribution in [0.15, 0.2) is 22.3 Å². The van der Waals surface area contributed by atoms with Gasteiger partial charge in [0.25, 0.3) is 5.91 Å². The number of amides is 1. The van der Waals surface area contributed by atoms with Crippen LogP contribution in [0.1, 0.15) is 32.3 Å². The minimum absolute atomic E-state index is 0.0415. The summed E-state index contributed by atoms with van der Waals surface area (Å²) < 4.78 is 5.90. The molecule has 1 aromatic rings. The fourth-order valence-corrected chi connectivity index (χ4v) is 2.94. The van der Waals surface area contributed by atoms with Gasteiger partial charge in [0.05, 0.1) is 11.1 Å². The molecule has 0 atom stereocenters. The zero-order valence-electron chi connectivity index (χ0n) is 13.1. The number of ether oxygens (including phenoxy) is 1. The fraction of sp³-hybridized carbons (Fsp3) is 0.375. The van der Waals surface area contributed by atoms with Gasteiger partial charge in [-0.05, 0) is 65.3 Å². The van der Waals surface area contributed by atoms with Gasteiger partial charge in [0.2, 0.25) is 0 Å². The number of nitrogens with one attached hydrogen (secondary N) is 1. The van der Waals surface area contributed by atoms with Crippen LogP contribution in [-0.2, 0) is 4.79 Å². The van der Waals surface area contributed by atoms with Crippen LogP contribution in [0.4, 0.5) is 0 Å². The number of carbonyl (C=O) groups is 1. The van der Waals surface area contributed by atoms with Gasteiger partial charge < -0.3 is 15.2 Å². The molecule has 1 heterocycles. The van der Waals surface area contributed by atoms with Crippen molar-refractivity contribution >= 4 is 45.2 Å². The van der Waals surface area contributed by atoms with Gasteiger partial charge in [-0.15, -0.1) is 0 Å². The van der Waals surface area contributed by atoms with Crippen LogP contribution in [-0.4, -0.2) is 34.2 Å². The van der Waals surface area contributed by atoms with Crippen LogP contribution >= 0.6 is 28.1 Å². The van der Waals surface area contributed by atoms with E-state index in [4.69, 9.17) is 17.0 Å². The van der Waals surface area contributed by atoms with E-state index in [0.29, 0.717) is 34.2 Å². The van der Waals surface area contributed by atoms with E-state index in [1.807, 2.05) is 6.92 Å². The zero-order valence-corrected chi connectivity index (χ0v) is 15.5. The Morgan fingerprint density at radius 1 is 1.43 bits per heavy atom. The molecular formula is C16H19BrN2O3S. The van der Waals surface area contributed by atoms with Crippen molar-refractivity contribution in [3.8, 4) is 11.5 Å². The first-order valence-electron chi connectivity index (χ1n) is 7.47. The predicted octanol–water partition coefficient (Wildman–Crippen LogP) is 3.41. The Morgan fingerprint density at radius 3 is 2.83 bits per heavy atom. The molecule has 0 radical (unpaired) electrons. The molecule has 0 aromatic heterocycles. The maximum atomic E-state index is 12.4. The second kappa shape index (κ2) is 7.79. The number of thiocarbonyl (C=S) groups is 1. The third-order valence-corrected chi connectivity index (χ3v) is 4.29. The summed E-state index contributed by atoms with van der Waals surface area (Å²) in [5.41, 5.74) is 1.15. The van der Waals surface area contributed by atoms with Crippen molar-refractivity contribution in [1.82, 2.24) is 10.2 Å². The molecule has 23 heavy (non-hydrogen) atoms. The van der Waals surface area contributed by atoms with E-state index < -0.39 is 0 Å². The number of phenolic OH excluding ortho intramolecular Hbond substituents is 1. The molecule has 0 aliphatic carbocycles. The third kappa shape index (κ3) is 4.03. The van der Waals surface area contributed by atoms with Crippen molar-refractivity contribution in [3.63, 3.8) is 0 Å². The molecular weight excluding hydrogens is 380 g/mol. The summed E-state index contributed by atoms with van der Waals surface area (Å²) in [7, 11) is 0. The van der Waals surface area contributed by atoms with E-state index in [2.05, 4.69) is 28.2 Å². The molecule has 0 saturated carbocycles. The third-order valence-electron chi connectivity index (χ3n) is 3.36. The molecule has 0 bridgehead atoms. The first-order valence-corrected chi connectivity index (χ1v) is 8.67. The van der Waals surface area contributed by atoms with Crippen molar-refractivity contribution in [1.29, 1.82) is 0 Å². The van der Waals surface area contributed by atoms with Crippen LogP contribution in [0, 0.1) is 0 Å². The van der Waals surface area contributed by atoms with Gasteiger partial charge >= 0.3 is 0 Å². The van der Waals surface area contributed by atoms with Crippen molar-refractivity contribution < 1.29 is 14.6 Å². The van der Waals surface area contributed by atoms with Crippen molar-refractivity contribution in [2.75, 3.05) is 13.2 Å². The number of unbranched alkanes of at least 4 members (excludes halogenated alkanes) is 1. The zero-order chi connectivity index (χ0) is 17.0. The Morgan fingerprint density at radius 2 is 2.17 bits per heavy atom. The normalized spacial score (nSPS) is 16.1. The van der Waals surface area contributed by atoms with Gasteiger partial charge in [-0.3, -0.25) is 9.69 Å². The average Bonchev–Trinajstić information content (AvgIpc) is 2.77. The first kappa shape index (κ1) is 17.7. The predicted molar refractivity (Wildman–Crippen MR) is 97.3 cm³/mol. The maximum Gasteiger partial charge on any atom is 0.276 e. The second-order valence-corrected chi connectivity index (χ2v) is 6.32. The lowest BCUT2D eigenvalue weighted by molar-refractivity contribution is -0.122. The van der Waals surface area contributed by atoms with Crippen LogP contribution in [0.3, 0.4) is 0 Å².